The first-order chi connectivity index (χ1) is 14.5. The van der Waals surface area contributed by atoms with Gasteiger partial charge >= 0.3 is 0 Å². The lowest BCUT2D eigenvalue weighted by atomic mass is 10.1. The van der Waals surface area contributed by atoms with Gasteiger partial charge in [0.2, 0.25) is 5.91 Å². The summed E-state index contributed by atoms with van der Waals surface area (Å²) < 4.78 is 13.6. The van der Waals surface area contributed by atoms with Gasteiger partial charge in [-0.25, -0.2) is 0 Å². The molecule has 4 rings (SSSR count). The van der Waals surface area contributed by atoms with E-state index in [1.165, 1.54) is 18.7 Å². The van der Waals surface area contributed by atoms with Crippen LogP contribution in [0.3, 0.4) is 0 Å². The summed E-state index contributed by atoms with van der Waals surface area (Å²) in [4.78, 5) is 23.6. The Balaban J connectivity index is 1.39. The van der Waals surface area contributed by atoms with Crippen molar-refractivity contribution in [1.29, 1.82) is 0 Å². The van der Waals surface area contributed by atoms with Gasteiger partial charge in [-0.05, 0) is 36.4 Å². The lowest BCUT2D eigenvalue weighted by Crippen LogP contribution is -2.24. The summed E-state index contributed by atoms with van der Waals surface area (Å²) in [6, 6.07) is 14.3. The SMILES string of the molecule is CC(=O)Nc1ccc(C(=O)CSc2nnc(C3COc4ccccc4O3)n2C)cc1. The maximum Gasteiger partial charge on any atom is 0.221 e. The number of nitrogens with one attached hydrogen (secondary N) is 1. The van der Waals surface area contributed by atoms with Gasteiger partial charge in [-0.1, -0.05) is 23.9 Å². The topological polar surface area (TPSA) is 95.3 Å². The van der Waals surface area contributed by atoms with E-state index < -0.39 is 0 Å². The third kappa shape index (κ3) is 4.30. The Bertz CT molecular complexity index is 1080. The molecule has 1 N–H and O–H groups in total. The van der Waals surface area contributed by atoms with Crippen molar-refractivity contribution in [1.82, 2.24) is 14.8 Å². The zero-order valence-electron chi connectivity index (χ0n) is 16.5. The number of aromatic nitrogens is 3. The van der Waals surface area contributed by atoms with E-state index in [0.717, 1.165) is 0 Å². The standard InChI is InChI=1S/C21H20N4O4S/c1-13(26)22-15-9-7-14(8-10-15)16(27)12-30-21-24-23-20(25(21)2)19-11-28-17-5-3-4-6-18(17)29-19/h3-10,19H,11-12H2,1-2H3,(H,22,26). The molecule has 2 aromatic carbocycles. The van der Waals surface area contributed by atoms with E-state index >= 15 is 0 Å². The number of hydrogen-bond acceptors (Lipinski definition) is 7. The summed E-state index contributed by atoms with van der Waals surface area (Å²) in [6.45, 7) is 1.78. The fourth-order valence-electron chi connectivity index (χ4n) is 3.04. The number of thioether (sulfide) groups is 1. The average Bonchev–Trinajstić information content (AvgIpc) is 3.12. The first-order valence-corrected chi connectivity index (χ1v) is 10.3. The Morgan fingerprint density at radius 3 is 2.60 bits per heavy atom. The molecule has 30 heavy (non-hydrogen) atoms. The summed E-state index contributed by atoms with van der Waals surface area (Å²) in [5, 5.41) is 11.7. The zero-order valence-corrected chi connectivity index (χ0v) is 17.3. The molecule has 0 radical (unpaired) electrons. The molecule has 1 atom stereocenters. The van der Waals surface area contributed by atoms with E-state index in [4.69, 9.17) is 9.47 Å². The quantitative estimate of drug-likeness (QED) is 0.479. The molecule has 0 saturated heterocycles. The van der Waals surface area contributed by atoms with E-state index in [-0.39, 0.29) is 23.5 Å². The summed E-state index contributed by atoms with van der Waals surface area (Å²) in [5.74, 6) is 2.04. The van der Waals surface area contributed by atoms with Crippen LogP contribution in [0.5, 0.6) is 11.5 Å². The molecule has 154 valence electrons. The molecule has 1 aliphatic rings. The maximum atomic E-state index is 12.5. The highest BCUT2D eigenvalue weighted by Gasteiger charge is 2.27. The van der Waals surface area contributed by atoms with Gasteiger partial charge in [-0.3, -0.25) is 9.59 Å². The molecule has 0 fully saturated rings. The fourth-order valence-corrected chi connectivity index (χ4v) is 3.85. The van der Waals surface area contributed by atoms with Gasteiger partial charge in [-0.2, -0.15) is 0 Å². The number of Topliss-reactive ketones (excluding diaryl/α,β-unsaturated/α-hetero) is 1. The number of anilines is 1. The minimum atomic E-state index is -0.372. The maximum absolute atomic E-state index is 12.5. The number of ether oxygens (including phenoxy) is 2. The van der Waals surface area contributed by atoms with Crippen LogP contribution in [0.2, 0.25) is 0 Å². The van der Waals surface area contributed by atoms with Crippen molar-refractivity contribution in [3.63, 3.8) is 0 Å². The number of amides is 1. The predicted octanol–water partition coefficient (Wildman–Crippen LogP) is 3.26. The second-order valence-corrected chi connectivity index (χ2v) is 7.68. The van der Waals surface area contributed by atoms with Crippen LogP contribution in [-0.2, 0) is 11.8 Å². The van der Waals surface area contributed by atoms with Crippen molar-refractivity contribution < 1.29 is 19.1 Å². The van der Waals surface area contributed by atoms with Gasteiger partial charge in [0.05, 0.1) is 5.75 Å². The average molecular weight is 424 g/mol. The molecule has 3 aromatic rings. The van der Waals surface area contributed by atoms with Gasteiger partial charge in [0, 0.05) is 25.2 Å². The molecule has 1 aliphatic heterocycles. The van der Waals surface area contributed by atoms with Crippen molar-refractivity contribution in [2.75, 3.05) is 17.7 Å². The predicted molar refractivity (Wildman–Crippen MR) is 112 cm³/mol. The number of carbonyl (C=O) groups is 2. The van der Waals surface area contributed by atoms with Crippen LogP contribution in [0, 0.1) is 0 Å². The minimum absolute atomic E-state index is 0.0369. The zero-order chi connectivity index (χ0) is 21.1. The van der Waals surface area contributed by atoms with Crippen LogP contribution in [0.15, 0.2) is 53.7 Å². The number of rotatable bonds is 6. The van der Waals surface area contributed by atoms with Crippen molar-refractivity contribution in [2.45, 2.75) is 18.2 Å². The van der Waals surface area contributed by atoms with Gasteiger partial charge in [0.1, 0.15) is 6.61 Å². The van der Waals surface area contributed by atoms with Gasteiger partial charge < -0.3 is 19.4 Å². The normalized spacial score (nSPS) is 14.9. The third-order valence-electron chi connectivity index (χ3n) is 4.52. The molecule has 0 aliphatic carbocycles. The minimum Gasteiger partial charge on any atom is -0.485 e. The molecule has 1 unspecified atom stereocenters. The molecule has 9 heteroatoms. The fraction of sp³-hybridized carbons (Fsp3) is 0.238. The molecule has 2 heterocycles. The summed E-state index contributed by atoms with van der Waals surface area (Å²) in [6.07, 6.45) is -0.372. The highest BCUT2D eigenvalue weighted by atomic mass is 32.2. The Labute approximate surface area is 177 Å². The summed E-state index contributed by atoms with van der Waals surface area (Å²) in [5.41, 5.74) is 1.22. The van der Waals surface area contributed by atoms with Crippen LogP contribution >= 0.6 is 11.8 Å². The Kier molecular flexibility index (Phi) is 5.71. The lowest BCUT2D eigenvalue weighted by molar-refractivity contribution is -0.114. The smallest absolute Gasteiger partial charge is 0.221 e. The molecule has 1 aromatic heterocycles. The van der Waals surface area contributed by atoms with E-state index in [0.29, 0.717) is 40.3 Å². The van der Waals surface area contributed by atoms with Crippen molar-refractivity contribution in [3.05, 3.63) is 59.9 Å². The van der Waals surface area contributed by atoms with E-state index in [9.17, 15) is 9.59 Å². The third-order valence-corrected chi connectivity index (χ3v) is 5.55. The van der Waals surface area contributed by atoms with E-state index in [1.807, 2.05) is 35.9 Å². The molecular formula is C21H20N4O4S. The Morgan fingerprint density at radius 2 is 1.87 bits per heavy atom. The summed E-state index contributed by atoms with van der Waals surface area (Å²) in [7, 11) is 1.84. The van der Waals surface area contributed by atoms with Crippen molar-refractivity contribution in [2.24, 2.45) is 7.05 Å². The van der Waals surface area contributed by atoms with E-state index in [2.05, 4.69) is 15.5 Å². The number of fused-ring (bicyclic) bond motifs is 1. The molecule has 0 saturated carbocycles. The Morgan fingerprint density at radius 1 is 1.13 bits per heavy atom. The first kappa shape index (κ1) is 20.0. The molecule has 0 bridgehead atoms. The lowest BCUT2D eigenvalue weighted by Gasteiger charge is -2.25. The second-order valence-electron chi connectivity index (χ2n) is 6.73. The number of benzene rings is 2. The number of para-hydroxylation sites is 2. The number of nitrogens with zero attached hydrogens (tertiary/aromatic N) is 3. The largest absolute Gasteiger partial charge is 0.485 e. The Hall–Kier alpha value is -3.33. The molecule has 8 nitrogen and oxygen atoms in total. The van der Waals surface area contributed by atoms with Crippen LogP contribution in [0.1, 0.15) is 29.2 Å². The highest BCUT2D eigenvalue weighted by molar-refractivity contribution is 7.99. The van der Waals surface area contributed by atoms with Crippen molar-refractivity contribution in [3.8, 4) is 11.5 Å². The number of ketones is 1. The highest BCUT2D eigenvalue weighted by Crippen LogP contribution is 2.35. The number of carbonyl (C=O) groups excluding carboxylic acids is 2. The van der Waals surface area contributed by atoms with Crippen LogP contribution in [-0.4, -0.2) is 38.8 Å². The monoisotopic (exact) mass is 424 g/mol. The van der Waals surface area contributed by atoms with Crippen LogP contribution < -0.4 is 14.8 Å². The molecular weight excluding hydrogens is 404 g/mol. The van der Waals surface area contributed by atoms with Crippen molar-refractivity contribution >= 4 is 29.1 Å². The van der Waals surface area contributed by atoms with Gasteiger partial charge in [0.15, 0.2) is 34.4 Å². The van der Waals surface area contributed by atoms with Crippen LogP contribution in [0.4, 0.5) is 5.69 Å². The van der Waals surface area contributed by atoms with E-state index in [1.54, 1.807) is 24.3 Å². The molecule has 1 amide bonds. The number of hydrogen-bond donors (Lipinski definition) is 1. The van der Waals surface area contributed by atoms with Gasteiger partial charge in [0.25, 0.3) is 0 Å². The molecule has 0 spiro atoms. The first-order valence-electron chi connectivity index (χ1n) is 9.32. The second kappa shape index (κ2) is 8.58. The van der Waals surface area contributed by atoms with Gasteiger partial charge in [-0.15, -0.1) is 10.2 Å². The van der Waals surface area contributed by atoms with Crippen LogP contribution in [0.25, 0.3) is 0 Å². The summed E-state index contributed by atoms with van der Waals surface area (Å²) >= 11 is 1.31.